The van der Waals surface area contributed by atoms with Gasteiger partial charge in [0.2, 0.25) is 10.0 Å². The average Bonchev–Trinajstić information content (AvgIpc) is 3.10. The number of hydrogen-bond acceptors (Lipinski definition) is 5. The van der Waals surface area contributed by atoms with Crippen molar-refractivity contribution >= 4 is 21.4 Å². The van der Waals surface area contributed by atoms with Gasteiger partial charge >= 0.3 is 0 Å². The standard InChI is InChI=1S/C15H24N2O3S2/c1-22(18,19)17-9-5-13-11-15(21-14(13)12-17)20-10-4-8-16-6-2-3-7-16/h11H,2-10,12H2,1H3. The van der Waals surface area contributed by atoms with Gasteiger partial charge in [-0.25, -0.2) is 8.42 Å². The number of hydrogen-bond donors (Lipinski definition) is 0. The molecule has 1 aromatic rings. The molecular weight excluding hydrogens is 320 g/mol. The van der Waals surface area contributed by atoms with Crippen LogP contribution in [0.25, 0.3) is 0 Å². The SMILES string of the molecule is CS(=O)(=O)N1CCc2cc(OCCCN3CCCC3)sc2C1. The smallest absolute Gasteiger partial charge is 0.211 e. The van der Waals surface area contributed by atoms with Crippen LogP contribution >= 0.6 is 11.3 Å². The van der Waals surface area contributed by atoms with E-state index in [0.717, 1.165) is 35.9 Å². The predicted octanol–water partition coefficient (Wildman–Crippen LogP) is 1.93. The summed E-state index contributed by atoms with van der Waals surface area (Å²) in [5, 5.41) is 0.932. The molecule has 0 saturated carbocycles. The Bertz CT molecular complexity index is 606. The van der Waals surface area contributed by atoms with Crippen molar-refractivity contribution in [3.8, 4) is 5.06 Å². The lowest BCUT2D eigenvalue weighted by Gasteiger charge is -2.23. The molecule has 0 atom stereocenters. The van der Waals surface area contributed by atoms with Gasteiger partial charge < -0.3 is 9.64 Å². The van der Waals surface area contributed by atoms with Gasteiger partial charge in [-0.05, 0) is 50.4 Å². The molecule has 2 aliphatic rings. The number of sulfonamides is 1. The molecule has 1 aromatic heterocycles. The lowest BCUT2D eigenvalue weighted by molar-refractivity contribution is 0.268. The molecule has 0 unspecified atom stereocenters. The van der Waals surface area contributed by atoms with Gasteiger partial charge in [0.25, 0.3) is 0 Å². The molecule has 5 nitrogen and oxygen atoms in total. The highest BCUT2D eigenvalue weighted by Gasteiger charge is 2.25. The Morgan fingerprint density at radius 1 is 1.27 bits per heavy atom. The number of nitrogens with zero attached hydrogens (tertiary/aromatic N) is 2. The minimum absolute atomic E-state index is 0.496. The molecule has 0 aromatic carbocycles. The topological polar surface area (TPSA) is 49.9 Å². The van der Waals surface area contributed by atoms with Crippen LogP contribution in [0.2, 0.25) is 0 Å². The highest BCUT2D eigenvalue weighted by molar-refractivity contribution is 7.88. The lowest BCUT2D eigenvalue weighted by atomic mass is 10.1. The molecule has 0 bridgehead atoms. The second-order valence-electron chi connectivity index (χ2n) is 6.11. The van der Waals surface area contributed by atoms with Crippen molar-refractivity contribution in [3.05, 3.63) is 16.5 Å². The molecule has 0 radical (unpaired) electrons. The van der Waals surface area contributed by atoms with E-state index in [-0.39, 0.29) is 0 Å². The Morgan fingerprint density at radius 3 is 2.77 bits per heavy atom. The van der Waals surface area contributed by atoms with Gasteiger partial charge in [-0.3, -0.25) is 0 Å². The lowest BCUT2D eigenvalue weighted by Crippen LogP contribution is -2.34. The van der Waals surface area contributed by atoms with Crippen molar-refractivity contribution in [2.45, 2.75) is 32.2 Å². The molecule has 0 N–H and O–H groups in total. The summed E-state index contributed by atoms with van der Waals surface area (Å²) >= 11 is 1.60. The summed E-state index contributed by atoms with van der Waals surface area (Å²) in [6, 6.07) is 2.09. The van der Waals surface area contributed by atoms with Crippen LogP contribution < -0.4 is 4.74 Å². The summed E-state index contributed by atoms with van der Waals surface area (Å²) in [5.41, 5.74) is 1.25. The third-order valence-corrected chi connectivity index (χ3v) is 6.68. The van der Waals surface area contributed by atoms with E-state index in [1.807, 2.05) is 0 Å². The van der Waals surface area contributed by atoms with E-state index in [2.05, 4.69) is 11.0 Å². The van der Waals surface area contributed by atoms with Gasteiger partial charge in [0.15, 0.2) is 5.06 Å². The van der Waals surface area contributed by atoms with Crippen LogP contribution in [0.3, 0.4) is 0 Å². The van der Waals surface area contributed by atoms with Crippen molar-refractivity contribution in [1.29, 1.82) is 0 Å². The summed E-state index contributed by atoms with van der Waals surface area (Å²) in [7, 11) is -3.10. The minimum Gasteiger partial charge on any atom is -0.484 e. The Kier molecular flexibility index (Phi) is 5.07. The average molecular weight is 345 g/mol. The maximum atomic E-state index is 11.6. The zero-order valence-corrected chi connectivity index (χ0v) is 14.7. The molecule has 0 amide bonds. The second kappa shape index (κ2) is 6.86. The van der Waals surface area contributed by atoms with Crippen molar-refractivity contribution in [1.82, 2.24) is 9.21 Å². The maximum Gasteiger partial charge on any atom is 0.211 e. The van der Waals surface area contributed by atoms with E-state index in [0.29, 0.717) is 13.1 Å². The zero-order valence-electron chi connectivity index (χ0n) is 13.1. The highest BCUT2D eigenvalue weighted by Crippen LogP contribution is 2.34. The first-order valence-electron chi connectivity index (χ1n) is 7.94. The largest absolute Gasteiger partial charge is 0.484 e. The molecule has 0 aliphatic carbocycles. The third-order valence-electron chi connectivity index (χ3n) is 4.36. The summed E-state index contributed by atoms with van der Waals surface area (Å²) in [4.78, 5) is 3.62. The fraction of sp³-hybridized carbons (Fsp3) is 0.733. The normalized spacial score (nSPS) is 20.2. The van der Waals surface area contributed by atoms with E-state index >= 15 is 0 Å². The van der Waals surface area contributed by atoms with Crippen LogP contribution in [0.15, 0.2) is 6.07 Å². The maximum absolute atomic E-state index is 11.6. The molecule has 0 spiro atoms. The Labute approximate surface area is 136 Å². The minimum atomic E-state index is -3.10. The second-order valence-corrected chi connectivity index (χ2v) is 9.19. The van der Waals surface area contributed by atoms with E-state index < -0.39 is 10.0 Å². The molecular formula is C15H24N2O3S2. The Balaban J connectivity index is 1.49. The predicted molar refractivity (Wildman–Crippen MR) is 89.1 cm³/mol. The summed E-state index contributed by atoms with van der Waals surface area (Å²) in [6.45, 7) is 5.40. The van der Waals surface area contributed by atoms with Crippen molar-refractivity contribution in [3.63, 3.8) is 0 Å². The summed E-state index contributed by atoms with van der Waals surface area (Å²) in [5.74, 6) is 0. The fourth-order valence-electron chi connectivity index (χ4n) is 3.09. The van der Waals surface area contributed by atoms with E-state index in [9.17, 15) is 8.42 Å². The van der Waals surface area contributed by atoms with Gasteiger partial charge in [-0.15, -0.1) is 11.3 Å². The van der Waals surface area contributed by atoms with Crippen molar-refractivity contribution in [2.75, 3.05) is 39.0 Å². The Hall–Kier alpha value is -0.630. The number of fused-ring (bicyclic) bond motifs is 1. The summed E-state index contributed by atoms with van der Waals surface area (Å²) < 4.78 is 30.7. The number of likely N-dealkylation sites (tertiary alicyclic amines) is 1. The Morgan fingerprint density at radius 2 is 2.05 bits per heavy atom. The number of thiophene rings is 1. The molecule has 1 saturated heterocycles. The van der Waals surface area contributed by atoms with Gasteiger partial charge in [-0.1, -0.05) is 0 Å². The highest BCUT2D eigenvalue weighted by atomic mass is 32.2. The van der Waals surface area contributed by atoms with Crippen molar-refractivity contribution in [2.24, 2.45) is 0 Å². The molecule has 3 heterocycles. The van der Waals surface area contributed by atoms with E-state index in [4.69, 9.17) is 4.74 Å². The molecule has 2 aliphatic heterocycles. The summed E-state index contributed by atoms with van der Waals surface area (Å²) in [6.07, 6.45) is 5.78. The monoisotopic (exact) mass is 344 g/mol. The van der Waals surface area contributed by atoms with Crippen LogP contribution in [0.4, 0.5) is 0 Å². The molecule has 3 rings (SSSR count). The van der Waals surface area contributed by atoms with Crippen LogP contribution in [-0.4, -0.2) is 56.7 Å². The number of ether oxygens (including phenoxy) is 1. The van der Waals surface area contributed by atoms with Crippen LogP contribution in [0.5, 0.6) is 5.06 Å². The first-order chi connectivity index (χ1) is 10.5. The quantitative estimate of drug-likeness (QED) is 0.740. The van der Waals surface area contributed by atoms with Gasteiger partial charge in [-0.2, -0.15) is 4.31 Å². The van der Waals surface area contributed by atoms with E-state index in [1.54, 1.807) is 15.6 Å². The van der Waals surface area contributed by atoms with E-state index in [1.165, 1.54) is 37.8 Å². The molecule has 22 heavy (non-hydrogen) atoms. The van der Waals surface area contributed by atoms with Gasteiger partial charge in [0.05, 0.1) is 12.9 Å². The molecule has 7 heteroatoms. The number of rotatable bonds is 6. The zero-order chi connectivity index (χ0) is 15.6. The van der Waals surface area contributed by atoms with Gasteiger partial charge in [0, 0.05) is 24.5 Å². The van der Waals surface area contributed by atoms with Crippen LogP contribution in [-0.2, 0) is 23.0 Å². The van der Waals surface area contributed by atoms with Crippen molar-refractivity contribution < 1.29 is 13.2 Å². The van der Waals surface area contributed by atoms with Crippen LogP contribution in [0, 0.1) is 0 Å². The molecule has 124 valence electrons. The fourth-order valence-corrected chi connectivity index (χ4v) is 5.06. The van der Waals surface area contributed by atoms with Crippen LogP contribution in [0.1, 0.15) is 29.7 Å². The molecule has 1 fully saturated rings. The first kappa shape index (κ1) is 16.2. The first-order valence-corrected chi connectivity index (χ1v) is 10.6. The third kappa shape index (κ3) is 4.01. The van der Waals surface area contributed by atoms with Gasteiger partial charge in [0.1, 0.15) is 0 Å².